The number of ether oxygens (including phenoxy) is 1. The Balaban J connectivity index is 2.01. The van der Waals surface area contributed by atoms with Crippen molar-refractivity contribution in [3.05, 3.63) is 18.0 Å². The summed E-state index contributed by atoms with van der Waals surface area (Å²) >= 11 is 1.77. The third-order valence-electron chi connectivity index (χ3n) is 2.48. The number of hydrogen-bond donors (Lipinski definition) is 0. The lowest BCUT2D eigenvalue weighted by molar-refractivity contribution is 0.0518. The second kappa shape index (κ2) is 5.50. The summed E-state index contributed by atoms with van der Waals surface area (Å²) in [5, 5.41) is 4.16. The molecule has 0 saturated carbocycles. The number of aromatic nitrogens is 2. The normalized spacial score (nSPS) is 20.9. The van der Waals surface area contributed by atoms with E-state index in [0.29, 0.717) is 12.2 Å². The molecule has 0 bridgehead atoms. The quantitative estimate of drug-likeness (QED) is 0.750. The fraction of sp³-hybridized carbons (Fsp3) is 0.636. The standard InChI is InChI=1S/C11H16N2O2S/c1-2-3-13-7-9(6-12-13)11(14)10-8-16-5-4-15-10/h6-7,10H,2-5,8H2,1H3. The van der Waals surface area contributed by atoms with Crippen molar-refractivity contribution in [2.75, 3.05) is 18.1 Å². The highest BCUT2D eigenvalue weighted by Crippen LogP contribution is 2.16. The Kier molecular flexibility index (Phi) is 4.01. The molecule has 1 aliphatic heterocycles. The predicted octanol–water partition coefficient (Wildman–Crippen LogP) is 1.61. The fourth-order valence-electron chi connectivity index (χ4n) is 1.67. The van der Waals surface area contributed by atoms with Gasteiger partial charge in [0, 0.05) is 24.2 Å². The van der Waals surface area contributed by atoms with Crippen LogP contribution in [0.4, 0.5) is 0 Å². The largest absolute Gasteiger partial charge is 0.368 e. The van der Waals surface area contributed by atoms with Gasteiger partial charge in [0.2, 0.25) is 0 Å². The number of aryl methyl sites for hydroxylation is 1. The van der Waals surface area contributed by atoms with Crippen LogP contribution in [-0.4, -0.2) is 39.8 Å². The molecule has 0 aliphatic carbocycles. The van der Waals surface area contributed by atoms with Gasteiger partial charge in [-0.05, 0) is 6.42 Å². The van der Waals surface area contributed by atoms with E-state index in [1.165, 1.54) is 0 Å². The minimum Gasteiger partial charge on any atom is -0.368 e. The Morgan fingerprint density at radius 2 is 2.62 bits per heavy atom. The van der Waals surface area contributed by atoms with Crippen molar-refractivity contribution in [2.45, 2.75) is 26.0 Å². The summed E-state index contributed by atoms with van der Waals surface area (Å²) in [7, 11) is 0. The number of rotatable bonds is 4. The van der Waals surface area contributed by atoms with Crippen molar-refractivity contribution in [2.24, 2.45) is 0 Å². The topological polar surface area (TPSA) is 44.1 Å². The van der Waals surface area contributed by atoms with Gasteiger partial charge < -0.3 is 4.74 Å². The van der Waals surface area contributed by atoms with Crippen molar-refractivity contribution >= 4 is 17.5 Å². The summed E-state index contributed by atoms with van der Waals surface area (Å²) in [6.07, 6.45) is 4.19. The lowest BCUT2D eigenvalue weighted by atomic mass is 10.1. The number of carbonyl (C=O) groups excluding carboxylic acids is 1. The molecule has 1 unspecified atom stereocenters. The first-order valence-electron chi connectivity index (χ1n) is 5.57. The van der Waals surface area contributed by atoms with E-state index in [0.717, 1.165) is 24.5 Å². The van der Waals surface area contributed by atoms with Crippen LogP contribution in [0.1, 0.15) is 23.7 Å². The highest BCUT2D eigenvalue weighted by Gasteiger charge is 2.24. The van der Waals surface area contributed by atoms with Gasteiger partial charge in [0.25, 0.3) is 0 Å². The Morgan fingerprint density at radius 3 is 3.31 bits per heavy atom. The first kappa shape index (κ1) is 11.7. The van der Waals surface area contributed by atoms with E-state index in [1.807, 2.05) is 10.9 Å². The second-order valence-electron chi connectivity index (χ2n) is 3.79. The summed E-state index contributed by atoms with van der Waals surface area (Å²) < 4.78 is 7.26. The number of carbonyl (C=O) groups is 1. The molecule has 4 nitrogen and oxygen atoms in total. The number of Topliss-reactive ketones (excluding diaryl/α,β-unsaturated/α-hetero) is 1. The molecule has 1 aromatic heterocycles. The van der Waals surface area contributed by atoms with Gasteiger partial charge in [-0.2, -0.15) is 16.9 Å². The highest BCUT2D eigenvalue weighted by molar-refractivity contribution is 7.99. The predicted molar refractivity (Wildman–Crippen MR) is 63.9 cm³/mol. The molecule has 1 fully saturated rings. The molecule has 0 radical (unpaired) electrons. The zero-order valence-electron chi connectivity index (χ0n) is 9.39. The molecule has 0 spiro atoms. The highest BCUT2D eigenvalue weighted by atomic mass is 32.2. The number of hydrogen-bond acceptors (Lipinski definition) is 4. The fourth-order valence-corrected chi connectivity index (χ4v) is 2.51. The van der Waals surface area contributed by atoms with E-state index in [9.17, 15) is 4.79 Å². The summed E-state index contributed by atoms with van der Waals surface area (Å²) in [5.74, 6) is 1.81. The van der Waals surface area contributed by atoms with Crippen LogP contribution in [-0.2, 0) is 11.3 Å². The zero-order valence-corrected chi connectivity index (χ0v) is 10.2. The van der Waals surface area contributed by atoms with Gasteiger partial charge in [-0.25, -0.2) is 0 Å². The summed E-state index contributed by atoms with van der Waals surface area (Å²) in [5.41, 5.74) is 0.668. The zero-order chi connectivity index (χ0) is 11.4. The Bertz CT molecular complexity index is 359. The molecule has 1 aliphatic rings. The van der Waals surface area contributed by atoms with Gasteiger partial charge in [0.1, 0.15) is 6.10 Å². The molecule has 2 rings (SSSR count). The van der Waals surface area contributed by atoms with Crippen LogP contribution >= 0.6 is 11.8 Å². The molecule has 1 atom stereocenters. The number of ketones is 1. The molecule has 0 N–H and O–H groups in total. The number of thioether (sulfide) groups is 1. The number of nitrogens with zero attached hydrogens (tertiary/aromatic N) is 2. The molecule has 5 heteroatoms. The minimum absolute atomic E-state index is 0.0644. The van der Waals surface area contributed by atoms with Crippen molar-refractivity contribution in [1.29, 1.82) is 0 Å². The van der Waals surface area contributed by atoms with Gasteiger partial charge in [-0.15, -0.1) is 0 Å². The van der Waals surface area contributed by atoms with Crippen LogP contribution in [0.15, 0.2) is 12.4 Å². The van der Waals surface area contributed by atoms with Gasteiger partial charge in [0.05, 0.1) is 18.4 Å². The van der Waals surface area contributed by atoms with Gasteiger partial charge in [-0.1, -0.05) is 6.92 Å². The first-order valence-corrected chi connectivity index (χ1v) is 6.72. The molecule has 1 aromatic rings. The van der Waals surface area contributed by atoms with E-state index in [2.05, 4.69) is 12.0 Å². The van der Waals surface area contributed by atoms with Crippen molar-refractivity contribution < 1.29 is 9.53 Å². The monoisotopic (exact) mass is 240 g/mol. The summed E-state index contributed by atoms with van der Waals surface area (Å²) in [6, 6.07) is 0. The average Bonchev–Trinajstić information content (AvgIpc) is 2.78. The Morgan fingerprint density at radius 1 is 1.75 bits per heavy atom. The third kappa shape index (κ3) is 2.65. The van der Waals surface area contributed by atoms with Gasteiger partial charge in [0.15, 0.2) is 5.78 Å². The SMILES string of the molecule is CCCn1cc(C(=O)C2CSCCO2)cn1. The van der Waals surface area contributed by atoms with Crippen molar-refractivity contribution in [3.8, 4) is 0 Å². The molecule has 2 heterocycles. The molecular formula is C11H16N2O2S. The van der Waals surface area contributed by atoms with Crippen LogP contribution in [0.25, 0.3) is 0 Å². The lowest BCUT2D eigenvalue weighted by Crippen LogP contribution is -2.31. The van der Waals surface area contributed by atoms with E-state index < -0.39 is 0 Å². The molecule has 16 heavy (non-hydrogen) atoms. The lowest BCUT2D eigenvalue weighted by Gasteiger charge is -2.20. The maximum atomic E-state index is 12.0. The van der Waals surface area contributed by atoms with E-state index in [-0.39, 0.29) is 11.9 Å². The van der Waals surface area contributed by atoms with Crippen molar-refractivity contribution in [3.63, 3.8) is 0 Å². The summed E-state index contributed by atoms with van der Waals surface area (Å²) in [4.78, 5) is 12.0. The molecular weight excluding hydrogens is 224 g/mol. The molecule has 88 valence electrons. The first-order chi connectivity index (χ1) is 7.81. The Labute approximate surface area is 99.4 Å². The Hall–Kier alpha value is -0.810. The van der Waals surface area contributed by atoms with Crippen LogP contribution in [0, 0.1) is 0 Å². The van der Waals surface area contributed by atoms with Crippen LogP contribution < -0.4 is 0 Å². The van der Waals surface area contributed by atoms with Crippen LogP contribution in [0.3, 0.4) is 0 Å². The van der Waals surface area contributed by atoms with Gasteiger partial charge >= 0.3 is 0 Å². The second-order valence-corrected chi connectivity index (χ2v) is 4.94. The van der Waals surface area contributed by atoms with E-state index >= 15 is 0 Å². The minimum atomic E-state index is -0.280. The average molecular weight is 240 g/mol. The maximum absolute atomic E-state index is 12.0. The van der Waals surface area contributed by atoms with E-state index in [1.54, 1.807) is 18.0 Å². The van der Waals surface area contributed by atoms with E-state index in [4.69, 9.17) is 4.74 Å². The molecule has 0 aromatic carbocycles. The maximum Gasteiger partial charge on any atom is 0.195 e. The van der Waals surface area contributed by atoms with Gasteiger partial charge in [-0.3, -0.25) is 9.48 Å². The molecule has 0 amide bonds. The van der Waals surface area contributed by atoms with Crippen molar-refractivity contribution in [1.82, 2.24) is 9.78 Å². The van der Waals surface area contributed by atoms with Crippen LogP contribution in [0.2, 0.25) is 0 Å². The molecule has 1 saturated heterocycles. The third-order valence-corrected chi connectivity index (χ3v) is 3.47. The smallest absolute Gasteiger partial charge is 0.195 e. The summed E-state index contributed by atoms with van der Waals surface area (Å²) in [6.45, 7) is 3.61. The van der Waals surface area contributed by atoms with Crippen LogP contribution in [0.5, 0.6) is 0 Å².